The third kappa shape index (κ3) is 4.23. The summed E-state index contributed by atoms with van der Waals surface area (Å²) >= 11 is 0. The van der Waals surface area contributed by atoms with E-state index < -0.39 is 10.0 Å². The summed E-state index contributed by atoms with van der Waals surface area (Å²) in [5.41, 5.74) is 1.86. The van der Waals surface area contributed by atoms with E-state index in [4.69, 9.17) is 9.98 Å². The Hall–Kier alpha value is -2.72. The molecule has 2 aromatic heterocycles. The van der Waals surface area contributed by atoms with Crippen LogP contribution in [0.2, 0.25) is 0 Å². The molecule has 10 heteroatoms. The van der Waals surface area contributed by atoms with Gasteiger partial charge in [-0.05, 0) is 43.0 Å². The molecule has 3 aromatic rings. The number of anilines is 2. The van der Waals surface area contributed by atoms with Crippen LogP contribution in [0.5, 0.6) is 0 Å². The molecule has 1 aliphatic rings. The number of hydrogen-bond donors (Lipinski definition) is 2. The van der Waals surface area contributed by atoms with E-state index >= 15 is 0 Å². The van der Waals surface area contributed by atoms with Gasteiger partial charge in [0.25, 0.3) is 0 Å². The van der Waals surface area contributed by atoms with Gasteiger partial charge in [-0.3, -0.25) is 0 Å². The number of rotatable bonds is 6. The van der Waals surface area contributed by atoms with Crippen LogP contribution < -0.4 is 15.3 Å². The number of hydrogen-bond acceptors (Lipinski definition) is 7. The normalized spacial score (nSPS) is 15.6. The molecule has 4 rings (SSSR count). The minimum Gasteiger partial charge on any atom is -0.411 e. The number of nitrogens with zero attached hydrogens (tertiary/aromatic N) is 4. The number of imidazole rings is 1. The largest absolute Gasteiger partial charge is 0.411 e. The minimum atomic E-state index is -3.72. The summed E-state index contributed by atoms with van der Waals surface area (Å²) in [7, 11) is -3.72. The van der Waals surface area contributed by atoms with E-state index in [0.717, 1.165) is 0 Å². The number of aromatic nitrogens is 4. The zero-order valence-electron chi connectivity index (χ0n) is 15.3. The van der Waals surface area contributed by atoms with Crippen molar-refractivity contribution in [1.82, 2.24) is 19.7 Å². The van der Waals surface area contributed by atoms with Gasteiger partial charge in [-0.2, -0.15) is 9.71 Å². The quantitative estimate of drug-likeness (QED) is 0.647. The van der Waals surface area contributed by atoms with Crippen LogP contribution in [0.15, 0.2) is 41.7 Å². The first-order valence-corrected chi connectivity index (χ1v) is 10.8. The lowest BCUT2D eigenvalue weighted by atomic mass is 9.90. The molecule has 1 saturated carbocycles. The number of nitrogens with one attached hydrogen (secondary N) is 1. The van der Waals surface area contributed by atoms with Crippen molar-refractivity contribution < 1.29 is 13.3 Å². The first-order chi connectivity index (χ1) is 13.5. The number of sulfonamides is 1. The smallest absolute Gasteiger partial charge is 0.238 e. The number of primary sulfonamides is 1. The molecule has 2 heterocycles. The Morgan fingerprint density at radius 3 is 2.61 bits per heavy atom. The van der Waals surface area contributed by atoms with Crippen LogP contribution in [-0.2, 0) is 10.0 Å². The first kappa shape index (κ1) is 18.6. The first-order valence-electron chi connectivity index (χ1n) is 9.22. The summed E-state index contributed by atoms with van der Waals surface area (Å²) in [5, 5.41) is 8.15. The van der Waals surface area contributed by atoms with Gasteiger partial charge in [0.15, 0.2) is 0 Å². The molecule has 0 spiro atoms. The van der Waals surface area contributed by atoms with Crippen LogP contribution in [0.3, 0.4) is 0 Å². The van der Waals surface area contributed by atoms with Gasteiger partial charge in [-0.25, -0.2) is 23.5 Å². The monoisotopic (exact) mass is 402 g/mol. The lowest BCUT2D eigenvalue weighted by Gasteiger charge is -2.21. The van der Waals surface area contributed by atoms with Crippen LogP contribution in [0.1, 0.15) is 32.1 Å². The van der Waals surface area contributed by atoms with Crippen LogP contribution in [0.25, 0.3) is 11.2 Å². The lowest BCUT2D eigenvalue weighted by molar-refractivity contribution is 0.0740. The molecular formula is C18H22N6O3S. The zero-order chi connectivity index (χ0) is 19.6. The summed E-state index contributed by atoms with van der Waals surface area (Å²) < 4.78 is 24.3. The molecule has 1 aliphatic carbocycles. The van der Waals surface area contributed by atoms with Crippen molar-refractivity contribution in [3.05, 3.63) is 36.8 Å². The van der Waals surface area contributed by atoms with Gasteiger partial charge in [0.2, 0.25) is 21.6 Å². The summed E-state index contributed by atoms with van der Waals surface area (Å²) in [5.74, 6) is 0.932. The van der Waals surface area contributed by atoms with Crippen molar-refractivity contribution in [2.24, 2.45) is 11.1 Å². The molecule has 3 N–H and O–H groups in total. The molecular weight excluding hydrogens is 380 g/mol. The van der Waals surface area contributed by atoms with Gasteiger partial charge in [0.1, 0.15) is 18.5 Å². The highest BCUT2D eigenvalue weighted by Gasteiger charge is 2.15. The van der Waals surface area contributed by atoms with E-state index in [1.165, 1.54) is 44.2 Å². The summed E-state index contributed by atoms with van der Waals surface area (Å²) in [6.45, 7) is 0.646. The second-order valence-electron chi connectivity index (χ2n) is 6.97. The molecule has 0 atom stereocenters. The topological polar surface area (TPSA) is 125 Å². The highest BCUT2D eigenvalue weighted by atomic mass is 32.2. The molecule has 0 unspecified atom stereocenters. The van der Waals surface area contributed by atoms with Crippen molar-refractivity contribution >= 4 is 32.8 Å². The van der Waals surface area contributed by atoms with Crippen LogP contribution in [-0.4, -0.2) is 34.7 Å². The third-order valence-corrected chi connectivity index (χ3v) is 5.80. The van der Waals surface area contributed by atoms with Crippen LogP contribution in [0, 0.1) is 5.92 Å². The van der Waals surface area contributed by atoms with Crippen molar-refractivity contribution in [3.8, 4) is 0 Å². The second-order valence-corrected chi connectivity index (χ2v) is 8.53. The van der Waals surface area contributed by atoms with Gasteiger partial charge in [0, 0.05) is 5.69 Å². The molecule has 0 amide bonds. The third-order valence-electron chi connectivity index (χ3n) is 4.87. The molecule has 1 fully saturated rings. The maximum Gasteiger partial charge on any atom is 0.238 e. The second kappa shape index (κ2) is 7.72. The van der Waals surface area contributed by atoms with Crippen molar-refractivity contribution in [3.63, 3.8) is 0 Å². The maximum atomic E-state index is 11.3. The number of benzene rings is 1. The number of nitrogens with two attached hydrogens (primary N) is 1. The molecule has 0 radical (unpaired) electrons. The standard InChI is InChI=1S/C18H22N6O3S/c19-28(25,26)15-8-6-14(7-9-15)22-18-20-10-16-17(23-18)24(12-21-16)27-11-13-4-2-1-3-5-13/h6-10,12-13H,1-5,11H2,(H2,19,25,26)(H,20,22,23). The van der Waals surface area contributed by atoms with E-state index in [0.29, 0.717) is 35.3 Å². The summed E-state index contributed by atoms with van der Waals surface area (Å²) in [4.78, 5) is 18.9. The Kier molecular flexibility index (Phi) is 5.14. The fourth-order valence-corrected chi connectivity index (χ4v) is 3.86. The van der Waals surface area contributed by atoms with Crippen molar-refractivity contribution in [2.45, 2.75) is 37.0 Å². The Labute approximate surface area is 163 Å². The van der Waals surface area contributed by atoms with Crippen molar-refractivity contribution in [1.29, 1.82) is 0 Å². The molecule has 1 aromatic carbocycles. The fraction of sp³-hybridized carbons (Fsp3) is 0.389. The van der Waals surface area contributed by atoms with E-state index in [1.54, 1.807) is 29.4 Å². The Bertz CT molecular complexity index is 1060. The van der Waals surface area contributed by atoms with Gasteiger partial charge in [-0.1, -0.05) is 19.3 Å². The average Bonchev–Trinajstić information content (AvgIpc) is 3.09. The van der Waals surface area contributed by atoms with E-state index in [2.05, 4.69) is 20.3 Å². The SMILES string of the molecule is NS(=O)(=O)c1ccc(Nc2ncc3ncn(OCC4CCCCC4)c3n2)cc1. The van der Waals surface area contributed by atoms with E-state index in [-0.39, 0.29) is 4.90 Å². The predicted octanol–water partition coefficient (Wildman–Crippen LogP) is 2.23. The van der Waals surface area contributed by atoms with Gasteiger partial charge >= 0.3 is 0 Å². The Morgan fingerprint density at radius 1 is 1.14 bits per heavy atom. The summed E-state index contributed by atoms with van der Waals surface area (Å²) in [6, 6.07) is 6.05. The highest BCUT2D eigenvalue weighted by molar-refractivity contribution is 7.89. The molecule has 28 heavy (non-hydrogen) atoms. The Balaban J connectivity index is 1.49. The summed E-state index contributed by atoms with van der Waals surface area (Å²) in [6.07, 6.45) is 9.45. The maximum absolute atomic E-state index is 11.3. The zero-order valence-corrected chi connectivity index (χ0v) is 16.1. The molecule has 0 aliphatic heterocycles. The van der Waals surface area contributed by atoms with Gasteiger partial charge in [-0.15, -0.1) is 0 Å². The number of fused-ring (bicyclic) bond motifs is 1. The molecule has 0 bridgehead atoms. The molecule has 0 saturated heterocycles. The fourth-order valence-electron chi connectivity index (χ4n) is 3.34. The average molecular weight is 402 g/mol. The lowest BCUT2D eigenvalue weighted by Crippen LogP contribution is -2.21. The van der Waals surface area contributed by atoms with E-state index in [1.807, 2.05) is 0 Å². The van der Waals surface area contributed by atoms with Crippen LogP contribution in [0.4, 0.5) is 11.6 Å². The van der Waals surface area contributed by atoms with Crippen LogP contribution >= 0.6 is 0 Å². The van der Waals surface area contributed by atoms with Gasteiger partial charge < -0.3 is 10.2 Å². The molecule has 148 valence electrons. The minimum absolute atomic E-state index is 0.0450. The van der Waals surface area contributed by atoms with Gasteiger partial charge in [0.05, 0.1) is 11.1 Å². The predicted molar refractivity (Wildman–Crippen MR) is 104 cm³/mol. The van der Waals surface area contributed by atoms with Crippen molar-refractivity contribution in [2.75, 3.05) is 11.9 Å². The van der Waals surface area contributed by atoms with E-state index in [9.17, 15) is 8.42 Å². The Morgan fingerprint density at radius 2 is 1.89 bits per heavy atom. The molecule has 9 nitrogen and oxygen atoms in total. The highest BCUT2D eigenvalue weighted by Crippen LogP contribution is 2.23.